The SMILES string of the molecule is CC1CC1c1ccc(CNCCCS(N)(=O)=O)o1. The fourth-order valence-corrected chi connectivity index (χ4v) is 2.56. The molecule has 102 valence electrons. The number of nitrogens with one attached hydrogen (secondary N) is 1. The van der Waals surface area contributed by atoms with Crippen molar-refractivity contribution in [1.29, 1.82) is 0 Å². The number of nitrogens with two attached hydrogens (primary N) is 1. The highest BCUT2D eigenvalue weighted by Crippen LogP contribution is 2.47. The maximum absolute atomic E-state index is 10.7. The van der Waals surface area contributed by atoms with E-state index in [0.29, 0.717) is 25.4 Å². The molecule has 2 rings (SSSR count). The van der Waals surface area contributed by atoms with Crippen molar-refractivity contribution in [3.05, 3.63) is 23.7 Å². The number of rotatable bonds is 7. The lowest BCUT2D eigenvalue weighted by atomic mass is 10.3. The third kappa shape index (κ3) is 4.12. The minimum Gasteiger partial charge on any atom is -0.464 e. The normalized spacial score (nSPS) is 23.2. The van der Waals surface area contributed by atoms with Gasteiger partial charge in [-0.25, -0.2) is 13.6 Å². The summed E-state index contributed by atoms with van der Waals surface area (Å²) in [5.41, 5.74) is 0. The van der Waals surface area contributed by atoms with Gasteiger partial charge in [-0.3, -0.25) is 0 Å². The maximum Gasteiger partial charge on any atom is 0.209 e. The van der Waals surface area contributed by atoms with E-state index < -0.39 is 10.0 Å². The van der Waals surface area contributed by atoms with Gasteiger partial charge in [0.05, 0.1) is 12.3 Å². The van der Waals surface area contributed by atoms with E-state index in [0.717, 1.165) is 17.4 Å². The summed E-state index contributed by atoms with van der Waals surface area (Å²) in [4.78, 5) is 0. The van der Waals surface area contributed by atoms with Gasteiger partial charge in [0.15, 0.2) is 0 Å². The van der Waals surface area contributed by atoms with Crippen LogP contribution in [-0.2, 0) is 16.6 Å². The van der Waals surface area contributed by atoms with Crippen molar-refractivity contribution in [3.8, 4) is 0 Å². The van der Waals surface area contributed by atoms with Crippen LogP contribution in [-0.4, -0.2) is 20.7 Å². The minimum absolute atomic E-state index is 0.0169. The van der Waals surface area contributed by atoms with Gasteiger partial charge in [0.25, 0.3) is 0 Å². The van der Waals surface area contributed by atoms with E-state index in [-0.39, 0.29) is 5.75 Å². The Kier molecular flexibility index (Phi) is 4.09. The van der Waals surface area contributed by atoms with Crippen LogP contribution in [0.2, 0.25) is 0 Å². The third-order valence-electron chi connectivity index (χ3n) is 3.24. The fraction of sp³-hybridized carbons (Fsp3) is 0.667. The van der Waals surface area contributed by atoms with E-state index >= 15 is 0 Å². The molecular formula is C12H20N2O3S. The van der Waals surface area contributed by atoms with Crippen LogP contribution in [0, 0.1) is 5.92 Å². The molecule has 1 fully saturated rings. The Balaban J connectivity index is 1.66. The quantitative estimate of drug-likeness (QED) is 0.730. The second-order valence-corrected chi connectivity index (χ2v) is 6.75. The summed E-state index contributed by atoms with van der Waals surface area (Å²) in [6, 6.07) is 4.02. The van der Waals surface area contributed by atoms with Crippen molar-refractivity contribution >= 4 is 10.0 Å². The molecular weight excluding hydrogens is 252 g/mol. The first-order chi connectivity index (χ1) is 8.46. The van der Waals surface area contributed by atoms with Crippen LogP contribution in [0.4, 0.5) is 0 Å². The molecule has 0 amide bonds. The Labute approximate surface area is 108 Å². The lowest BCUT2D eigenvalue weighted by Crippen LogP contribution is -2.21. The highest BCUT2D eigenvalue weighted by Gasteiger charge is 2.36. The Hall–Kier alpha value is -0.850. The van der Waals surface area contributed by atoms with Crippen LogP contribution < -0.4 is 10.5 Å². The largest absolute Gasteiger partial charge is 0.464 e. The fourth-order valence-electron chi connectivity index (χ4n) is 2.02. The Morgan fingerprint density at radius 3 is 2.83 bits per heavy atom. The Morgan fingerprint density at radius 2 is 2.22 bits per heavy atom. The summed E-state index contributed by atoms with van der Waals surface area (Å²) in [5, 5.41) is 8.06. The molecule has 1 heterocycles. The molecule has 1 aromatic heterocycles. The van der Waals surface area contributed by atoms with E-state index in [9.17, 15) is 8.42 Å². The topological polar surface area (TPSA) is 85.3 Å². The molecule has 2 unspecified atom stereocenters. The molecule has 2 atom stereocenters. The van der Waals surface area contributed by atoms with Crippen LogP contribution in [0.5, 0.6) is 0 Å². The van der Waals surface area contributed by atoms with Crippen molar-refractivity contribution in [1.82, 2.24) is 5.32 Å². The minimum atomic E-state index is -3.34. The predicted molar refractivity (Wildman–Crippen MR) is 69.5 cm³/mol. The lowest BCUT2D eigenvalue weighted by Gasteiger charge is -2.01. The summed E-state index contributed by atoms with van der Waals surface area (Å²) in [5.74, 6) is 3.33. The van der Waals surface area contributed by atoms with Crippen molar-refractivity contribution in [3.63, 3.8) is 0 Å². The van der Waals surface area contributed by atoms with Crippen LogP contribution in [0.1, 0.15) is 37.2 Å². The molecule has 1 aromatic rings. The van der Waals surface area contributed by atoms with Crippen molar-refractivity contribution in [2.24, 2.45) is 11.1 Å². The molecule has 1 aliphatic carbocycles. The van der Waals surface area contributed by atoms with Gasteiger partial charge in [-0.05, 0) is 37.4 Å². The summed E-state index contributed by atoms with van der Waals surface area (Å²) < 4.78 is 27.1. The highest BCUT2D eigenvalue weighted by molar-refractivity contribution is 7.89. The monoisotopic (exact) mass is 272 g/mol. The summed E-state index contributed by atoms with van der Waals surface area (Å²) in [6.07, 6.45) is 1.74. The van der Waals surface area contributed by atoms with Gasteiger partial charge in [0.1, 0.15) is 11.5 Å². The van der Waals surface area contributed by atoms with Crippen LogP contribution in [0.15, 0.2) is 16.5 Å². The first-order valence-corrected chi connectivity index (χ1v) is 7.97. The van der Waals surface area contributed by atoms with E-state index in [1.54, 1.807) is 0 Å². The van der Waals surface area contributed by atoms with Crippen molar-refractivity contribution < 1.29 is 12.8 Å². The molecule has 0 aliphatic heterocycles. The number of furan rings is 1. The van der Waals surface area contributed by atoms with Gasteiger partial charge >= 0.3 is 0 Å². The van der Waals surface area contributed by atoms with Gasteiger partial charge in [0, 0.05) is 5.92 Å². The molecule has 18 heavy (non-hydrogen) atoms. The van der Waals surface area contributed by atoms with E-state index in [4.69, 9.17) is 9.56 Å². The number of hydrogen-bond donors (Lipinski definition) is 2. The molecule has 0 spiro atoms. The number of sulfonamides is 1. The molecule has 5 nitrogen and oxygen atoms in total. The van der Waals surface area contributed by atoms with Crippen molar-refractivity contribution in [2.45, 2.75) is 32.2 Å². The molecule has 6 heteroatoms. The zero-order chi connectivity index (χ0) is 13.2. The van der Waals surface area contributed by atoms with Crippen LogP contribution >= 0.6 is 0 Å². The van der Waals surface area contributed by atoms with Gasteiger partial charge in [-0.15, -0.1) is 0 Å². The van der Waals surface area contributed by atoms with E-state index in [1.807, 2.05) is 12.1 Å². The van der Waals surface area contributed by atoms with Crippen LogP contribution in [0.3, 0.4) is 0 Å². The summed E-state index contributed by atoms with van der Waals surface area (Å²) in [7, 11) is -3.34. The van der Waals surface area contributed by atoms with Gasteiger partial charge < -0.3 is 9.73 Å². The zero-order valence-corrected chi connectivity index (χ0v) is 11.4. The highest BCUT2D eigenvalue weighted by atomic mass is 32.2. The second kappa shape index (κ2) is 5.42. The third-order valence-corrected chi connectivity index (χ3v) is 4.10. The van der Waals surface area contributed by atoms with Gasteiger partial charge in [-0.1, -0.05) is 6.92 Å². The molecule has 0 radical (unpaired) electrons. The lowest BCUT2D eigenvalue weighted by molar-refractivity contribution is 0.444. The Morgan fingerprint density at radius 1 is 1.50 bits per heavy atom. The van der Waals surface area contributed by atoms with Gasteiger partial charge in [-0.2, -0.15) is 0 Å². The zero-order valence-electron chi connectivity index (χ0n) is 10.6. The van der Waals surface area contributed by atoms with Gasteiger partial charge in [0.2, 0.25) is 10.0 Å². The predicted octanol–water partition coefficient (Wildman–Crippen LogP) is 1.17. The summed E-state index contributed by atoms with van der Waals surface area (Å²) >= 11 is 0. The van der Waals surface area contributed by atoms with Crippen molar-refractivity contribution in [2.75, 3.05) is 12.3 Å². The smallest absolute Gasteiger partial charge is 0.209 e. The average Bonchev–Trinajstić information content (AvgIpc) is 2.82. The standard InChI is InChI=1S/C12H20N2O3S/c1-9-7-11(9)12-4-3-10(17-12)8-14-5-2-6-18(13,15)16/h3-4,9,11,14H,2,5-8H2,1H3,(H2,13,15,16). The van der Waals surface area contributed by atoms with Crippen LogP contribution in [0.25, 0.3) is 0 Å². The molecule has 1 saturated carbocycles. The molecule has 3 N–H and O–H groups in total. The first-order valence-electron chi connectivity index (χ1n) is 6.25. The Bertz CT molecular complexity index is 495. The first kappa shape index (κ1) is 13.6. The number of hydrogen-bond acceptors (Lipinski definition) is 4. The molecule has 0 saturated heterocycles. The average molecular weight is 272 g/mol. The summed E-state index contributed by atoms with van der Waals surface area (Å²) in [6.45, 7) is 3.47. The van der Waals surface area contributed by atoms with E-state index in [2.05, 4.69) is 12.2 Å². The molecule has 1 aliphatic rings. The van der Waals surface area contributed by atoms with E-state index in [1.165, 1.54) is 6.42 Å². The second-order valence-electron chi connectivity index (χ2n) is 5.02. The molecule has 0 bridgehead atoms. The maximum atomic E-state index is 10.7. The molecule has 0 aromatic carbocycles. The number of primary sulfonamides is 1.